The van der Waals surface area contributed by atoms with Crippen LogP contribution in [0.4, 0.5) is 0 Å². The van der Waals surface area contributed by atoms with Crippen LogP contribution >= 0.6 is 0 Å². The summed E-state index contributed by atoms with van der Waals surface area (Å²) in [4.78, 5) is 16.2. The van der Waals surface area contributed by atoms with Gasteiger partial charge in [-0.1, -0.05) is 140 Å². The summed E-state index contributed by atoms with van der Waals surface area (Å²) in [5.74, 6) is 1.78. The van der Waals surface area contributed by atoms with Crippen molar-refractivity contribution >= 4 is 60.6 Å². The van der Waals surface area contributed by atoms with Crippen molar-refractivity contribution in [3.8, 4) is 40.1 Å². The first-order valence-corrected chi connectivity index (χ1v) is 19.5. The maximum Gasteiger partial charge on any atom is 0.240 e. The lowest BCUT2D eigenvalue weighted by Gasteiger charge is -2.14. The number of nitrogens with zero attached hydrogens (tertiary/aromatic N) is 6. The van der Waals surface area contributed by atoms with Gasteiger partial charge in [0, 0.05) is 38.2 Å². The average molecular weight is 731 g/mol. The number of para-hydroxylation sites is 4. The van der Waals surface area contributed by atoms with E-state index in [1.54, 1.807) is 0 Å². The second kappa shape index (κ2) is 12.5. The maximum atomic E-state index is 5.48. The molecule has 0 unspecified atom stereocenters. The molecule has 268 valence electrons. The van der Waals surface area contributed by atoms with Crippen LogP contribution in [0.1, 0.15) is 17.7 Å². The summed E-state index contributed by atoms with van der Waals surface area (Å²) < 4.78 is 6.88. The summed E-state index contributed by atoms with van der Waals surface area (Å²) in [5.41, 5.74) is 12.3. The molecule has 0 saturated heterocycles. The average Bonchev–Trinajstić information content (AvgIpc) is 3.93. The second-order valence-electron chi connectivity index (χ2n) is 14.8. The van der Waals surface area contributed by atoms with Crippen LogP contribution in [0, 0.1) is 0 Å². The Kier molecular flexibility index (Phi) is 6.95. The molecule has 0 fully saturated rings. The van der Waals surface area contributed by atoms with Gasteiger partial charge in [-0.15, -0.1) is 0 Å². The van der Waals surface area contributed by atoms with Crippen molar-refractivity contribution < 1.29 is 0 Å². The van der Waals surface area contributed by atoms with E-state index in [4.69, 9.17) is 15.0 Å². The maximum absolute atomic E-state index is 5.48. The molecule has 0 aliphatic heterocycles. The minimum Gasteiger partial charge on any atom is -0.309 e. The monoisotopic (exact) mass is 730 g/mol. The van der Waals surface area contributed by atoms with Gasteiger partial charge in [0.25, 0.3) is 0 Å². The molecule has 6 heteroatoms. The Bertz CT molecular complexity index is 3390. The van der Waals surface area contributed by atoms with Crippen LogP contribution in [0.25, 0.3) is 101 Å². The molecular formula is C51H34N6. The van der Waals surface area contributed by atoms with Crippen LogP contribution in [0.5, 0.6) is 0 Å². The summed E-state index contributed by atoms with van der Waals surface area (Å²) in [6.45, 7) is 0. The molecule has 0 N–H and O–H groups in total. The van der Waals surface area contributed by atoms with Gasteiger partial charge in [-0.2, -0.15) is 15.0 Å². The van der Waals surface area contributed by atoms with E-state index in [1.807, 2.05) is 6.07 Å². The fourth-order valence-electron chi connectivity index (χ4n) is 9.10. The molecule has 7 aromatic carbocycles. The van der Waals surface area contributed by atoms with Gasteiger partial charge in [0.15, 0.2) is 5.82 Å². The molecule has 0 atom stereocenters. The topological polar surface area (TPSA) is 53.5 Å². The predicted octanol–water partition coefficient (Wildman–Crippen LogP) is 12.3. The molecule has 12 rings (SSSR count). The smallest absolute Gasteiger partial charge is 0.240 e. The minimum atomic E-state index is 0.573. The van der Waals surface area contributed by atoms with Gasteiger partial charge in [0.05, 0.1) is 33.3 Å². The van der Waals surface area contributed by atoms with Gasteiger partial charge in [-0.3, -0.25) is 9.13 Å². The molecule has 1 aliphatic rings. The highest BCUT2D eigenvalue weighted by Crippen LogP contribution is 2.42. The Labute approximate surface area is 328 Å². The summed E-state index contributed by atoms with van der Waals surface area (Å²) in [6, 6.07) is 60.2. The van der Waals surface area contributed by atoms with Gasteiger partial charge in [0.1, 0.15) is 0 Å². The van der Waals surface area contributed by atoms with Crippen molar-refractivity contribution in [1.82, 2.24) is 28.7 Å². The molecule has 4 aromatic heterocycles. The molecule has 0 radical (unpaired) electrons. The molecule has 57 heavy (non-hydrogen) atoms. The number of allylic oxidation sites excluding steroid dienone is 1. The highest BCUT2D eigenvalue weighted by Gasteiger charge is 2.25. The highest BCUT2D eigenvalue weighted by molar-refractivity contribution is 6.26. The van der Waals surface area contributed by atoms with Crippen molar-refractivity contribution in [2.24, 2.45) is 0 Å². The number of fused-ring (bicyclic) bond motifs is 10. The Hall–Kier alpha value is -7.57. The zero-order valence-electron chi connectivity index (χ0n) is 30.9. The summed E-state index contributed by atoms with van der Waals surface area (Å²) >= 11 is 0. The SMILES string of the molecule is C1=Cc2c(c3ccccc3n2-c2nc(-c3ccc(-c4ccccc4)cc3)nc(-n3c4ccccc4c4ccc5c(c6ccccc6n5-c5ccccc5)c43)n2)CC1. The molecule has 0 bridgehead atoms. The summed E-state index contributed by atoms with van der Waals surface area (Å²) in [6.07, 6.45) is 6.48. The van der Waals surface area contributed by atoms with E-state index in [-0.39, 0.29) is 0 Å². The number of hydrogen-bond acceptors (Lipinski definition) is 3. The number of aryl methyl sites for hydroxylation is 1. The van der Waals surface area contributed by atoms with Crippen LogP contribution in [0.15, 0.2) is 176 Å². The first-order valence-electron chi connectivity index (χ1n) is 19.5. The fraction of sp³-hybridized carbons (Fsp3) is 0.0392. The number of rotatable bonds is 5. The van der Waals surface area contributed by atoms with Gasteiger partial charge < -0.3 is 4.57 Å². The van der Waals surface area contributed by atoms with E-state index in [0.717, 1.165) is 79.1 Å². The number of hydrogen-bond donors (Lipinski definition) is 0. The third-order valence-corrected chi connectivity index (χ3v) is 11.6. The number of aromatic nitrogens is 6. The quantitative estimate of drug-likeness (QED) is 0.177. The van der Waals surface area contributed by atoms with Crippen molar-refractivity contribution in [2.75, 3.05) is 0 Å². The first kappa shape index (κ1) is 31.7. The Morgan fingerprint density at radius 2 is 0.982 bits per heavy atom. The first-order chi connectivity index (χ1) is 28.3. The molecular weight excluding hydrogens is 697 g/mol. The van der Waals surface area contributed by atoms with Crippen molar-refractivity contribution in [3.05, 3.63) is 187 Å². The van der Waals surface area contributed by atoms with E-state index in [0.29, 0.717) is 17.7 Å². The standard InChI is InChI=1S/C51H34N6/c1-3-15-33(16-4-1)34-27-29-35(30-28-34)49-52-50(56-42-23-11-7-19-37(42)38-20-8-12-24-43(38)56)54-51(53-49)57-44-25-13-9-21-39(44)40-31-32-46-47(48(40)57)41-22-10-14-26-45(41)55(46)36-17-5-2-6-18-36/h1-7,9-19,21-32H,8,20H2. The largest absolute Gasteiger partial charge is 0.309 e. The van der Waals surface area contributed by atoms with Crippen molar-refractivity contribution in [2.45, 2.75) is 12.8 Å². The lowest BCUT2D eigenvalue weighted by Crippen LogP contribution is -2.11. The van der Waals surface area contributed by atoms with Crippen LogP contribution in [-0.2, 0) is 6.42 Å². The molecule has 0 amide bonds. The Morgan fingerprint density at radius 1 is 0.404 bits per heavy atom. The van der Waals surface area contributed by atoms with Crippen molar-refractivity contribution in [3.63, 3.8) is 0 Å². The molecule has 1 aliphatic carbocycles. The van der Waals surface area contributed by atoms with Crippen LogP contribution in [-0.4, -0.2) is 28.7 Å². The van der Waals surface area contributed by atoms with Gasteiger partial charge in [0.2, 0.25) is 11.9 Å². The number of benzene rings is 7. The fourth-order valence-corrected chi connectivity index (χ4v) is 9.10. The molecule has 11 aromatic rings. The summed E-state index contributed by atoms with van der Waals surface area (Å²) in [7, 11) is 0. The van der Waals surface area contributed by atoms with Crippen LogP contribution in [0.3, 0.4) is 0 Å². The molecule has 6 nitrogen and oxygen atoms in total. The van der Waals surface area contributed by atoms with Gasteiger partial charge in [-0.05, 0) is 72.0 Å². The van der Waals surface area contributed by atoms with Crippen molar-refractivity contribution in [1.29, 1.82) is 0 Å². The minimum absolute atomic E-state index is 0.573. The van der Waals surface area contributed by atoms with Gasteiger partial charge in [-0.25, -0.2) is 0 Å². The third kappa shape index (κ3) is 4.80. The molecule has 0 saturated carbocycles. The Morgan fingerprint density at radius 3 is 1.74 bits per heavy atom. The van der Waals surface area contributed by atoms with Crippen LogP contribution < -0.4 is 0 Å². The third-order valence-electron chi connectivity index (χ3n) is 11.6. The Balaban J connectivity index is 1.19. The zero-order chi connectivity index (χ0) is 37.5. The van der Waals surface area contributed by atoms with E-state index in [9.17, 15) is 0 Å². The molecule has 4 heterocycles. The zero-order valence-corrected chi connectivity index (χ0v) is 30.9. The summed E-state index contributed by atoms with van der Waals surface area (Å²) in [5, 5.41) is 5.86. The van der Waals surface area contributed by atoms with E-state index >= 15 is 0 Å². The van der Waals surface area contributed by atoms with E-state index in [1.165, 1.54) is 21.9 Å². The van der Waals surface area contributed by atoms with E-state index in [2.05, 4.69) is 190 Å². The normalized spacial score (nSPS) is 12.7. The van der Waals surface area contributed by atoms with E-state index < -0.39 is 0 Å². The predicted molar refractivity (Wildman–Crippen MR) is 234 cm³/mol. The molecule has 0 spiro atoms. The van der Waals surface area contributed by atoms with Crippen LogP contribution in [0.2, 0.25) is 0 Å². The highest BCUT2D eigenvalue weighted by atomic mass is 15.3. The lowest BCUT2D eigenvalue weighted by molar-refractivity contribution is 0.867. The van der Waals surface area contributed by atoms with Gasteiger partial charge >= 0.3 is 0 Å². The second-order valence-corrected chi connectivity index (χ2v) is 14.8. The lowest BCUT2D eigenvalue weighted by atomic mass is 10.0.